The zero-order valence-corrected chi connectivity index (χ0v) is 9.13. The van der Waals surface area contributed by atoms with Gasteiger partial charge in [0.2, 0.25) is 0 Å². The van der Waals surface area contributed by atoms with Crippen molar-refractivity contribution < 1.29 is 0 Å². The average Bonchev–Trinajstić information content (AvgIpc) is 2.03. The lowest BCUT2D eigenvalue weighted by molar-refractivity contribution is 0.899. The van der Waals surface area contributed by atoms with Crippen LogP contribution in [-0.2, 0) is 0 Å². The van der Waals surface area contributed by atoms with Crippen molar-refractivity contribution in [1.29, 1.82) is 0 Å². The largest absolute Gasteiger partial charge is 0.381 e. The van der Waals surface area contributed by atoms with E-state index in [0.717, 1.165) is 5.69 Å². The van der Waals surface area contributed by atoms with E-state index in [1.807, 2.05) is 26.0 Å². The number of anilines is 1. The van der Waals surface area contributed by atoms with Gasteiger partial charge in [0, 0.05) is 10.5 Å². The summed E-state index contributed by atoms with van der Waals surface area (Å²) in [6.07, 6.45) is 0. The highest BCUT2D eigenvalue weighted by Gasteiger charge is 2.06. The second-order valence-corrected chi connectivity index (χ2v) is 3.88. The lowest BCUT2D eigenvalue weighted by Crippen LogP contribution is -2.09. The topological polar surface area (TPSA) is 41.5 Å². The second kappa shape index (κ2) is 4.37. The van der Waals surface area contributed by atoms with Crippen molar-refractivity contribution in [3.63, 3.8) is 0 Å². The van der Waals surface area contributed by atoms with Crippen LogP contribution in [-0.4, -0.2) is 6.04 Å². The predicted molar refractivity (Wildman–Crippen MR) is 58.4 cm³/mol. The van der Waals surface area contributed by atoms with E-state index < -0.39 is 0 Å². The second-order valence-electron chi connectivity index (χ2n) is 3.03. The Bertz CT molecular complexity index is 312. The van der Waals surface area contributed by atoms with E-state index in [0.29, 0.717) is 10.2 Å². The van der Waals surface area contributed by atoms with Crippen LogP contribution in [0.25, 0.3) is 0 Å². The molecule has 1 aromatic rings. The maximum atomic E-state index is 10.5. The van der Waals surface area contributed by atoms with E-state index >= 15 is 0 Å². The molecule has 0 aliphatic heterocycles. The predicted octanol–water partition coefficient (Wildman–Crippen LogP) is 3.67. The number of nitroso groups, excluding NO2 is 1. The summed E-state index contributed by atoms with van der Waals surface area (Å²) >= 11 is 3.26. The fourth-order valence-electron chi connectivity index (χ4n) is 1.04. The van der Waals surface area contributed by atoms with Gasteiger partial charge in [-0.3, -0.25) is 0 Å². The molecule has 1 aromatic carbocycles. The van der Waals surface area contributed by atoms with Gasteiger partial charge in [-0.05, 0) is 47.1 Å². The Morgan fingerprint density at radius 3 is 2.69 bits per heavy atom. The lowest BCUT2D eigenvalue weighted by atomic mass is 10.2. The van der Waals surface area contributed by atoms with Crippen LogP contribution in [0.15, 0.2) is 27.8 Å². The van der Waals surface area contributed by atoms with Crippen molar-refractivity contribution in [3.05, 3.63) is 27.6 Å². The molecule has 0 saturated heterocycles. The fourth-order valence-corrected chi connectivity index (χ4v) is 1.47. The van der Waals surface area contributed by atoms with Crippen molar-refractivity contribution in [2.75, 3.05) is 5.32 Å². The van der Waals surface area contributed by atoms with Gasteiger partial charge in [0.05, 0.1) is 5.69 Å². The van der Waals surface area contributed by atoms with Crippen LogP contribution >= 0.6 is 15.9 Å². The highest BCUT2D eigenvalue weighted by molar-refractivity contribution is 9.10. The third kappa shape index (κ3) is 2.52. The first-order valence-electron chi connectivity index (χ1n) is 4.03. The molecule has 0 unspecified atom stereocenters. The molecule has 0 amide bonds. The van der Waals surface area contributed by atoms with E-state index in [1.165, 1.54) is 0 Å². The van der Waals surface area contributed by atoms with Gasteiger partial charge in [-0.25, -0.2) is 0 Å². The van der Waals surface area contributed by atoms with Gasteiger partial charge in [-0.15, -0.1) is 4.91 Å². The van der Waals surface area contributed by atoms with Crippen LogP contribution in [0.1, 0.15) is 13.8 Å². The highest BCUT2D eigenvalue weighted by Crippen LogP contribution is 2.33. The minimum Gasteiger partial charge on any atom is -0.381 e. The third-order valence-corrected chi connectivity index (χ3v) is 2.16. The molecule has 13 heavy (non-hydrogen) atoms. The molecule has 70 valence electrons. The molecule has 0 fully saturated rings. The average molecular weight is 243 g/mol. The number of hydrogen-bond donors (Lipinski definition) is 1. The van der Waals surface area contributed by atoms with E-state index in [9.17, 15) is 4.91 Å². The van der Waals surface area contributed by atoms with Crippen molar-refractivity contribution in [1.82, 2.24) is 0 Å². The van der Waals surface area contributed by atoms with E-state index in [4.69, 9.17) is 0 Å². The van der Waals surface area contributed by atoms with Crippen molar-refractivity contribution in [3.8, 4) is 0 Å². The molecule has 0 radical (unpaired) electrons. The first kappa shape index (κ1) is 10.2. The smallest absolute Gasteiger partial charge is 0.145 e. The Hall–Kier alpha value is -0.900. The fraction of sp³-hybridized carbons (Fsp3) is 0.333. The molecular formula is C9H11BrN2O. The van der Waals surface area contributed by atoms with E-state index in [2.05, 4.69) is 26.4 Å². The Labute approximate surface area is 85.6 Å². The van der Waals surface area contributed by atoms with E-state index in [-0.39, 0.29) is 6.04 Å². The van der Waals surface area contributed by atoms with Crippen LogP contribution in [0, 0.1) is 4.91 Å². The Balaban J connectivity index is 3.05. The quantitative estimate of drug-likeness (QED) is 0.823. The maximum Gasteiger partial charge on any atom is 0.145 e. The number of nitrogens with one attached hydrogen (secondary N) is 1. The Morgan fingerprint density at radius 2 is 2.15 bits per heavy atom. The molecule has 0 saturated carbocycles. The van der Waals surface area contributed by atoms with Crippen LogP contribution in [0.2, 0.25) is 0 Å². The molecule has 0 aromatic heterocycles. The van der Waals surface area contributed by atoms with Gasteiger partial charge in [-0.2, -0.15) is 0 Å². The molecule has 0 aliphatic carbocycles. The summed E-state index contributed by atoms with van der Waals surface area (Å²) in [6, 6.07) is 5.78. The molecule has 0 spiro atoms. The Morgan fingerprint density at radius 1 is 1.46 bits per heavy atom. The summed E-state index contributed by atoms with van der Waals surface area (Å²) in [4.78, 5) is 10.5. The molecule has 0 bridgehead atoms. The summed E-state index contributed by atoms with van der Waals surface area (Å²) in [5.74, 6) is 0. The lowest BCUT2D eigenvalue weighted by Gasteiger charge is -2.11. The highest BCUT2D eigenvalue weighted by atomic mass is 79.9. The van der Waals surface area contributed by atoms with Crippen molar-refractivity contribution >= 4 is 27.3 Å². The number of benzene rings is 1. The minimum atomic E-state index is 0.287. The van der Waals surface area contributed by atoms with Crippen LogP contribution in [0.3, 0.4) is 0 Å². The zero-order valence-electron chi connectivity index (χ0n) is 7.54. The maximum absolute atomic E-state index is 10.5. The molecule has 4 heteroatoms. The first-order chi connectivity index (χ1) is 6.15. The number of halogens is 1. The summed E-state index contributed by atoms with van der Waals surface area (Å²) in [5.41, 5.74) is 1.19. The zero-order chi connectivity index (χ0) is 9.84. The number of nitrogens with zero attached hydrogens (tertiary/aromatic N) is 1. The van der Waals surface area contributed by atoms with Gasteiger partial charge in [0.25, 0.3) is 0 Å². The van der Waals surface area contributed by atoms with Gasteiger partial charge >= 0.3 is 0 Å². The monoisotopic (exact) mass is 242 g/mol. The normalized spacial score (nSPS) is 10.2. The standard InChI is InChI=1S/C9H11BrN2O/c1-6(2)11-8-5-3-4-7(10)9(8)12-13/h3-6,11H,1-2H3. The van der Waals surface area contributed by atoms with Crippen molar-refractivity contribution in [2.24, 2.45) is 5.18 Å². The Kier molecular flexibility index (Phi) is 3.42. The van der Waals surface area contributed by atoms with Crippen molar-refractivity contribution in [2.45, 2.75) is 19.9 Å². The molecule has 0 aliphatic rings. The summed E-state index contributed by atoms with van der Waals surface area (Å²) in [6.45, 7) is 4.02. The number of hydrogen-bond acceptors (Lipinski definition) is 3. The molecular weight excluding hydrogens is 232 g/mol. The molecule has 1 N–H and O–H groups in total. The van der Waals surface area contributed by atoms with E-state index in [1.54, 1.807) is 6.07 Å². The molecule has 3 nitrogen and oxygen atoms in total. The molecule has 0 atom stereocenters. The summed E-state index contributed by atoms with van der Waals surface area (Å²) < 4.78 is 0.716. The minimum absolute atomic E-state index is 0.287. The molecule has 1 rings (SSSR count). The summed E-state index contributed by atoms with van der Waals surface area (Å²) in [5, 5.41) is 6.11. The molecule has 0 heterocycles. The first-order valence-corrected chi connectivity index (χ1v) is 4.83. The third-order valence-electron chi connectivity index (χ3n) is 1.52. The summed E-state index contributed by atoms with van der Waals surface area (Å²) in [7, 11) is 0. The SMILES string of the molecule is CC(C)Nc1cccc(Br)c1N=O. The van der Waals surface area contributed by atoms with Crippen LogP contribution in [0.5, 0.6) is 0 Å². The van der Waals surface area contributed by atoms with Gasteiger partial charge in [0.1, 0.15) is 5.69 Å². The van der Waals surface area contributed by atoms with Crippen LogP contribution in [0.4, 0.5) is 11.4 Å². The number of rotatable bonds is 3. The van der Waals surface area contributed by atoms with Gasteiger partial charge in [-0.1, -0.05) is 6.07 Å². The van der Waals surface area contributed by atoms with Gasteiger partial charge in [0.15, 0.2) is 0 Å². The van der Waals surface area contributed by atoms with Gasteiger partial charge < -0.3 is 5.32 Å². The van der Waals surface area contributed by atoms with Crippen LogP contribution < -0.4 is 5.32 Å².